The third-order valence-corrected chi connectivity index (χ3v) is 7.18. The molecule has 1 spiro atoms. The number of methoxy groups -OCH3 is 1. The molecule has 186 valence electrons. The second kappa shape index (κ2) is 9.60. The Labute approximate surface area is 221 Å². The first kappa shape index (κ1) is 23.6. The van der Waals surface area contributed by atoms with Gasteiger partial charge in [0.25, 0.3) is 0 Å². The predicted octanol–water partition coefficient (Wildman–Crippen LogP) is 6.58. The average molecular weight is 499 g/mol. The second-order valence-corrected chi connectivity index (χ2v) is 9.48. The van der Waals surface area contributed by atoms with Gasteiger partial charge in [-0.25, -0.2) is 4.79 Å². The van der Waals surface area contributed by atoms with Gasteiger partial charge in [0, 0.05) is 16.7 Å². The zero-order valence-corrected chi connectivity index (χ0v) is 21.2. The fourth-order valence-electron chi connectivity index (χ4n) is 5.26. The van der Waals surface area contributed by atoms with Crippen LogP contribution >= 0.6 is 0 Å². The van der Waals surface area contributed by atoms with Crippen molar-refractivity contribution < 1.29 is 14.4 Å². The Bertz CT molecular complexity index is 1570. The summed E-state index contributed by atoms with van der Waals surface area (Å²) in [6, 6.07) is 35.0. The lowest BCUT2D eigenvalue weighted by atomic mass is 9.67. The first-order valence-corrected chi connectivity index (χ1v) is 12.5. The number of aryl methyl sites for hydroxylation is 1. The van der Waals surface area contributed by atoms with E-state index in [2.05, 4.69) is 42.4 Å². The van der Waals surface area contributed by atoms with Crippen LogP contribution in [0.5, 0.6) is 5.75 Å². The van der Waals surface area contributed by atoms with Crippen LogP contribution in [-0.2, 0) is 9.63 Å². The lowest BCUT2D eigenvalue weighted by molar-refractivity contribution is -0.147. The van der Waals surface area contributed by atoms with Crippen LogP contribution in [-0.4, -0.2) is 24.5 Å². The molecule has 6 rings (SSSR count). The van der Waals surface area contributed by atoms with Crippen LogP contribution in [0.2, 0.25) is 0 Å². The molecule has 2 atom stereocenters. The molecule has 0 aromatic heterocycles. The number of ether oxygens (including phenoxy) is 1. The third-order valence-electron chi connectivity index (χ3n) is 7.18. The van der Waals surface area contributed by atoms with Gasteiger partial charge in [-0.05, 0) is 36.3 Å². The van der Waals surface area contributed by atoms with E-state index < -0.39 is 17.4 Å². The predicted molar refractivity (Wildman–Crippen MR) is 149 cm³/mol. The van der Waals surface area contributed by atoms with Gasteiger partial charge >= 0.3 is 5.97 Å². The number of aliphatic imine (C=N–C) groups is 1. The molecule has 0 bridgehead atoms. The summed E-state index contributed by atoms with van der Waals surface area (Å²) in [5, 5.41) is 4.39. The maximum Gasteiger partial charge on any atom is 0.354 e. The third kappa shape index (κ3) is 3.84. The van der Waals surface area contributed by atoms with Crippen molar-refractivity contribution in [3.05, 3.63) is 143 Å². The molecular weight excluding hydrogens is 472 g/mol. The van der Waals surface area contributed by atoms with E-state index in [1.54, 1.807) is 7.11 Å². The monoisotopic (exact) mass is 498 g/mol. The lowest BCUT2D eigenvalue weighted by Crippen LogP contribution is -2.41. The highest BCUT2D eigenvalue weighted by atomic mass is 16.7. The summed E-state index contributed by atoms with van der Waals surface area (Å²) in [5.41, 5.74) is 5.53. The van der Waals surface area contributed by atoms with Crippen molar-refractivity contribution in [1.82, 2.24) is 0 Å². The molecule has 0 N–H and O–H groups in total. The number of oxime groups is 1. The summed E-state index contributed by atoms with van der Waals surface area (Å²) in [4.78, 5) is 24.8. The molecule has 2 heterocycles. The molecule has 4 aromatic rings. The molecule has 2 aliphatic heterocycles. The van der Waals surface area contributed by atoms with E-state index in [9.17, 15) is 4.79 Å². The van der Waals surface area contributed by atoms with Gasteiger partial charge in [0.15, 0.2) is 5.41 Å². The van der Waals surface area contributed by atoms with Crippen molar-refractivity contribution in [2.45, 2.75) is 13.0 Å². The normalized spacial score (nSPS) is 21.4. The zero-order chi connectivity index (χ0) is 26.1. The minimum atomic E-state index is -1.27. The van der Waals surface area contributed by atoms with Crippen molar-refractivity contribution in [3.8, 4) is 5.75 Å². The summed E-state index contributed by atoms with van der Waals surface area (Å²) in [6.07, 6.45) is 2.06. The molecule has 2 unspecified atom stereocenters. The quantitative estimate of drug-likeness (QED) is 0.292. The Hall–Kier alpha value is -4.77. The summed E-state index contributed by atoms with van der Waals surface area (Å²) in [7, 11) is 1.63. The molecule has 5 nitrogen and oxygen atoms in total. The van der Waals surface area contributed by atoms with E-state index >= 15 is 0 Å². The van der Waals surface area contributed by atoms with Gasteiger partial charge < -0.3 is 9.57 Å². The number of carbonyl (C=O) groups excluding carboxylic acids is 1. The fraction of sp³-hybridized carbons (Fsp3) is 0.121. The summed E-state index contributed by atoms with van der Waals surface area (Å²) >= 11 is 0. The maximum absolute atomic E-state index is 14.0. The molecule has 4 aromatic carbocycles. The highest BCUT2D eigenvalue weighted by Gasteiger charge is 2.63. The van der Waals surface area contributed by atoms with E-state index in [1.165, 1.54) is 0 Å². The first-order valence-electron chi connectivity index (χ1n) is 12.5. The molecular formula is C33H26N2O3. The molecule has 38 heavy (non-hydrogen) atoms. The number of nitrogens with zero attached hydrogens (tertiary/aromatic N) is 2. The molecule has 5 heteroatoms. The van der Waals surface area contributed by atoms with Crippen molar-refractivity contribution in [3.63, 3.8) is 0 Å². The van der Waals surface area contributed by atoms with Crippen molar-refractivity contribution in [1.29, 1.82) is 0 Å². The van der Waals surface area contributed by atoms with Gasteiger partial charge in [0.1, 0.15) is 17.5 Å². The summed E-state index contributed by atoms with van der Waals surface area (Å²) in [6.45, 7) is 2.05. The summed E-state index contributed by atoms with van der Waals surface area (Å²) in [5.74, 6) is 0.291. The van der Waals surface area contributed by atoms with Gasteiger partial charge in [-0.2, -0.15) is 0 Å². The smallest absolute Gasteiger partial charge is 0.354 e. The van der Waals surface area contributed by atoms with Crippen LogP contribution in [0.15, 0.2) is 125 Å². The van der Waals surface area contributed by atoms with Crippen molar-refractivity contribution >= 4 is 23.5 Å². The molecule has 2 aliphatic rings. The number of hydrogen-bond donors (Lipinski definition) is 0. The lowest BCUT2D eigenvalue weighted by Gasteiger charge is -2.29. The highest BCUT2D eigenvalue weighted by molar-refractivity contribution is 6.32. The SMILES string of the molecule is COc1ccc(C2N=C(c3ccccc3)/C(=C/c3ccc(C)cc3)C23C(=O)ON=C3c2ccccc2)cc1. The highest BCUT2D eigenvalue weighted by Crippen LogP contribution is 2.55. The molecule has 0 fully saturated rings. The van der Waals surface area contributed by atoms with Crippen molar-refractivity contribution in [2.75, 3.05) is 7.11 Å². The molecule has 0 amide bonds. The summed E-state index contributed by atoms with van der Waals surface area (Å²) < 4.78 is 5.40. The Morgan fingerprint density at radius 1 is 0.816 bits per heavy atom. The minimum absolute atomic E-state index is 0.440. The number of hydrogen-bond acceptors (Lipinski definition) is 5. The zero-order valence-electron chi connectivity index (χ0n) is 21.2. The Morgan fingerprint density at radius 2 is 1.45 bits per heavy atom. The van der Waals surface area contributed by atoms with Crippen LogP contribution < -0.4 is 4.74 Å². The number of benzene rings is 4. The standard InChI is InChI=1S/C33H26N2O3/c1-22-13-15-23(16-14-22)21-28-29(24-9-5-3-6-10-24)34-30(26-17-19-27(37-2)20-18-26)33(28)31(35-38-32(33)36)25-11-7-4-8-12-25/h3-21,30H,1-2H3/b28-21-. The van der Waals surface area contributed by atoms with Crippen LogP contribution in [0.4, 0.5) is 0 Å². The molecule has 0 aliphatic carbocycles. The Morgan fingerprint density at radius 3 is 2.08 bits per heavy atom. The number of rotatable bonds is 5. The van der Waals surface area contributed by atoms with Gasteiger partial charge in [0.2, 0.25) is 0 Å². The van der Waals surface area contributed by atoms with E-state index in [-0.39, 0.29) is 0 Å². The molecule has 0 radical (unpaired) electrons. The van der Waals surface area contributed by atoms with Gasteiger partial charge in [0.05, 0.1) is 12.8 Å². The second-order valence-electron chi connectivity index (χ2n) is 9.48. The fourth-order valence-corrected chi connectivity index (χ4v) is 5.26. The van der Waals surface area contributed by atoms with Gasteiger partial charge in [-0.15, -0.1) is 0 Å². The van der Waals surface area contributed by atoms with Crippen LogP contribution in [0.3, 0.4) is 0 Å². The first-order chi connectivity index (χ1) is 18.6. The van der Waals surface area contributed by atoms with Gasteiger partial charge in [-0.3, -0.25) is 4.99 Å². The maximum atomic E-state index is 14.0. The van der Waals surface area contributed by atoms with Crippen LogP contribution in [0, 0.1) is 12.3 Å². The van der Waals surface area contributed by atoms with E-state index in [0.29, 0.717) is 5.71 Å². The Kier molecular flexibility index (Phi) is 5.97. The largest absolute Gasteiger partial charge is 0.497 e. The average Bonchev–Trinajstić information content (AvgIpc) is 3.49. The molecule has 0 saturated carbocycles. The van der Waals surface area contributed by atoms with Crippen LogP contribution in [0.1, 0.15) is 33.9 Å². The van der Waals surface area contributed by atoms with Crippen molar-refractivity contribution in [2.24, 2.45) is 15.6 Å². The topological polar surface area (TPSA) is 60.2 Å². The minimum Gasteiger partial charge on any atom is -0.497 e. The van der Waals surface area contributed by atoms with E-state index in [0.717, 1.165) is 44.9 Å². The van der Waals surface area contributed by atoms with E-state index in [4.69, 9.17) is 14.6 Å². The van der Waals surface area contributed by atoms with Crippen LogP contribution in [0.25, 0.3) is 6.08 Å². The Balaban J connectivity index is 1.65. The molecule has 0 saturated heterocycles. The van der Waals surface area contributed by atoms with E-state index in [1.807, 2.05) is 84.9 Å². The van der Waals surface area contributed by atoms with Gasteiger partial charge in [-0.1, -0.05) is 108 Å². The number of carbonyl (C=O) groups is 1.